The van der Waals surface area contributed by atoms with Crippen molar-refractivity contribution >= 4 is 55.8 Å². The number of aromatic nitrogens is 1. The molecule has 4 aromatic carbocycles. The van der Waals surface area contributed by atoms with E-state index in [1.807, 2.05) is 73.7 Å². The molecule has 5 rings (SSSR count). The zero-order valence-corrected chi connectivity index (χ0v) is 23.9. The Kier molecular flexibility index (Phi) is 8.99. The molecule has 0 bridgehead atoms. The number of Topliss-reactive ketones (excluding diaryl/α,β-unsaturated/α-hetero) is 1. The number of para-hydroxylation sites is 1. The number of fused-ring (bicyclic) bond motifs is 2. The molecule has 0 unspecified atom stereocenters. The highest BCUT2D eigenvalue weighted by molar-refractivity contribution is 7.18. The first-order valence-electron chi connectivity index (χ1n) is 13.7. The third kappa shape index (κ3) is 6.87. The highest BCUT2D eigenvalue weighted by atomic mass is 32.1. The normalized spacial score (nSPS) is 11.6. The van der Waals surface area contributed by atoms with Gasteiger partial charge in [0.25, 0.3) is 5.91 Å². The summed E-state index contributed by atoms with van der Waals surface area (Å²) in [6.45, 7) is 1.97. The van der Waals surface area contributed by atoms with Crippen LogP contribution in [0, 0.1) is 0 Å². The Labute approximate surface area is 247 Å². The summed E-state index contributed by atoms with van der Waals surface area (Å²) in [5.41, 5.74) is 2.84. The van der Waals surface area contributed by atoms with Crippen LogP contribution >= 0.6 is 11.3 Å². The second-order valence-electron chi connectivity index (χ2n) is 9.90. The van der Waals surface area contributed by atoms with Crippen molar-refractivity contribution in [1.29, 1.82) is 0 Å². The topological polar surface area (TPSA) is 117 Å². The van der Waals surface area contributed by atoms with Crippen molar-refractivity contribution in [2.75, 3.05) is 6.54 Å². The Bertz CT molecular complexity index is 1740. The predicted molar refractivity (Wildman–Crippen MR) is 164 cm³/mol. The fourth-order valence-corrected chi connectivity index (χ4v) is 5.78. The summed E-state index contributed by atoms with van der Waals surface area (Å²) in [5, 5.41) is 11.0. The molecule has 0 saturated heterocycles. The van der Waals surface area contributed by atoms with Crippen molar-refractivity contribution in [3.05, 3.63) is 113 Å². The summed E-state index contributed by atoms with van der Waals surface area (Å²) < 4.78 is 1.02. The molecule has 1 heterocycles. The number of ketones is 1. The average molecular weight is 579 g/mol. The van der Waals surface area contributed by atoms with Gasteiger partial charge in [0, 0.05) is 25.1 Å². The van der Waals surface area contributed by atoms with Gasteiger partial charge in [0.2, 0.25) is 0 Å². The molecule has 42 heavy (non-hydrogen) atoms. The van der Waals surface area contributed by atoms with E-state index >= 15 is 0 Å². The second kappa shape index (κ2) is 13.2. The van der Waals surface area contributed by atoms with Crippen LogP contribution in [0.1, 0.15) is 45.9 Å². The average Bonchev–Trinajstić information content (AvgIpc) is 3.41. The number of carbonyl (C=O) groups excluding carboxylic acids is 4. The molecular formula is C33H30N4O4S. The number of benzene rings is 4. The van der Waals surface area contributed by atoms with Crippen molar-refractivity contribution in [2.45, 2.75) is 32.4 Å². The second-order valence-corrected chi connectivity index (χ2v) is 11.0. The third-order valence-electron chi connectivity index (χ3n) is 6.92. The van der Waals surface area contributed by atoms with Gasteiger partial charge in [-0.05, 0) is 47.0 Å². The van der Waals surface area contributed by atoms with Gasteiger partial charge in [-0.2, -0.15) is 0 Å². The first kappa shape index (κ1) is 28.6. The Morgan fingerprint density at radius 1 is 0.810 bits per heavy atom. The van der Waals surface area contributed by atoms with Gasteiger partial charge in [-0.15, -0.1) is 11.3 Å². The van der Waals surface area contributed by atoms with E-state index in [0.717, 1.165) is 31.6 Å². The van der Waals surface area contributed by atoms with E-state index in [9.17, 15) is 19.2 Å². The molecular weight excluding hydrogens is 548 g/mol. The van der Waals surface area contributed by atoms with Gasteiger partial charge in [0.1, 0.15) is 10.8 Å². The number of carbonyl (C=O) groups is 4. The summed E-state index contributed by atoms with van der Waals surface area (Å²) in [6.07, 6.45) is 0.270. The lowest BCUT2D eigenvalue weighted by molar-refractivity contribution is -0.139. The van der Waals surface area contributed by atoms with Crippen LogP contribution in [0.4, 0.5) is 0 Å². The minimum atomic E-state index is -0.840. The van der Waals surface area contributed by atoms with Crippen LogP contribution in [-0.2, 0) is 27.3 Å². The number of amides is 3. The first-order valence-corrected chi connectivity index (χ1v) is 14.5. The maximum atomic E-state index is 13.2. The van der Waals surface area contributed by atoms with Crippen molar-refractivity contribution in [3.63, 3.8) is 0 Å². The Balaban J connectivity index is 1.11. The van der Waals surface area contributed by atoms with E-state index in [2.05, 4.69) is 20.9 Å². The Morgan fingerprint density at radius 2 is 1.52 bits per heavy atom. The molecule has 0 spiro atoms. The molecule has 1 aromatic heterocycles. The molecule has 5 aromatic rings. The summed E-state index contributed by atoms with van der Waals surface area (Å²) in [6, 6.07) is 28.4. The lowest BCUT2D eigenvalue weighted by atomic mass is 9.99. The van der Waals surface area contributed by atoms with Gasteiger partial charge >= 0.3 is 11.8 Å². The van der Waals surface area contributed by atoms with Crippen molar-refractivity contribution in [3.8, 4) is 0 Å². The maximum Gasteiger partial charge on any atom is 0.309 e. The number of nitrogens with zero attached hydrogens (tertiary/aromatic N) is 1. The van der Waals surface area contributed by atoms with Gasteiger partial charge in [0.05, 0.1) is 22.7 Å². The van der Waals surface area contributed by atoms with Crippen LogP contribution in [0.5, 0.6) is 0 Å². The van der Waals surface area contributed by atoms with E-state index in [1.54, 1.807) is 24.3 Å². The van der Waals surface area contributed by atoms with Crippen molar-refractivity contribution < 1.29 is 19.2 Å². The van der Waals surface area contributed by atoms with Crippen LogP contribution in [0.15, 0.2) is 91.0 Å². The molecule has 212 valence electrons. The van der Waals surface area contributed by atoms with Gasteiger partial charge in [-0.3, -0.25) is 19.2 Å². The summed E-state index contributed by atoms with van der Waals surface area (Å²) in [7, 11) is 0. The van der Waals surface area contributed by atoms with Crippen LogP contribution in [0.3, 0.4) is 0 Å². The number of hydrogen-bond donors (Lipinski definition) is 3. The molecule has 0 fully saturated rings. The lowest BCUT2D eigenvalue weighted by Crippen LogP contribution is -2.40. The van der Waals surface area contributed by atoms with E-state index in [4.69, 9.17) is 0 Å². The molecule has 0 aliphatic carbocycles. The zero-order valence-electron chi connectivity index (χ0n) is 23.1. The minimum Gasteiger partial charge on any atom is -0.347 e. The summed E-state index contributed by atoms with van der Waals surface area (Å²) >= 11 is 1.47. The number of hydrogen-bond acceptors (Lipinski definition) is 6. The number of rotatable bonds is 10. The minimum absolute atomic E-state index is 0.00493. The third-order valence-corrected chi connectivity index (χ3v) is 7.96. The molecule has 0 radical (unpaired) electrons. The fourth-order valence-electron chi connectivity index (χ4n) is 4.78. The van der Waals surface area contributed by atoms with E-state index in [0.29, 0.717) is 11.1 Å². The lowest BCUT2D eigenvalue weighted by Gasteiger charge is -2.18. The highest BCUT2D eigenvalue weighted by Crippen LogP contribution is 2.25. The molecule has 0 aliphatic heterocycles. The smallest absolute Gasteiger partial charge is 0.309 e. The molecule has 3 N–H and O–H groups in total. The zero-order chi connectivity index (χ0) is 29.5. The molecule has 0 saturated carbocycles. The molecule has 1 atom stereocenters. The van der Waals surface area contributed by atoms with Gasteiger partial charge in [-0.25, -0.2) is 4.98 Å². The van der Waals surface area contributed by atoms with Crippen molar-refractivity contribution in [2.24, 2.45) is 0 Å². The molecule has 0 aliphatic rings. The van der Waals surface area contributed by atoms with Gasteiger partial charge in [0.15, 0.2) is 0 Å². The van der Waals surface area contributed by atoms with Crippen LogP contribution in [0.2, 0.25) is 0 Å². The molecule has 8 nitrogen and oxygen atoms in total. The predicted octanol–water partition coefficient (Wildman–Crippen LogP) is 4.87. The van der Waals surface area contributed by atoms with E-state index in [1.165, 1.54) is 11.3 Å². The first-order chi connectivity index (χ1) is 20.4. The largest absolute Gasteiger partial charge is 0.347 e. The van der Waals surface area contributed by atoms with Gasteiger partial charge in [-0.1, -0.05) is 72.8 Å². The fraction of sp³-hybridized carbons (Fsp3) is 0.182. The SMILES string of the molecule is C[C@@H](NC(=O)c1ccccc1CNC(=O)C(=O)NCCC(=O)Cc1nc2ccccc2s1)c1cccc2ccccc12. The quantitative estimate of drug-likeness (QED) is 0.204. The molecule has 3 amide bonds. The van der Waals surface area contributed by atoms with Crippen LogP contribution in [-0.4, -0.2) is 35.0 Å². The Hall–Kier alpha value is -4.89. The van der Waals surface area contributed by atoms with Gasteiger partial charge < -0.3 is 16.0 Å². The summed E-state index contributed by atoms with van der Waals surface area (Å²) in [5.74, 6) is -2.04. The maximum absolute atomic E-state index is 13.2. The van der Waals surface area contributed by atoms with Crippen LogP contribution in [0.25, 0.3) is 21.0 Å². The van der Waals surface area contributed by atoms with Crippen molar-refractivity contribution in [1.82, 2.24) is 20.9 Å². The number of thiazole rings is 1. The Morgan fingerprint density at radius 3 is 2.38 bits per heavy atom. The van der Waals surface area contributed by atoms with Crippen LogP contribution < -0.4 is 16.0 Å². The standard InChI is InChI=1S/C33H30N4O4S/c1-21(25-14-8-11-22-9-2-4-12-26(22)25)36-31(39)27-13-5-3-10-23(27)20-35-33(41)32(40)34-18-17-24(38)19-30-37-28-15-6-7-16-29(28)42-30/h2-16,21H,17-20H2,1H3,(H,34,40)(H,35,41)(H,36,39)/t21-/m1/s1. The summed E-state index contributed by atoms with van der Waals surface area (Å²) in [4.78, 5) is 54.8. The monoisotopic (exact) mass is 578 g/mol. The van der Waals surface area contributed by atoms with E-state index in [-0.39, 0.29) is 43.7 Å². The van der Waals surface area contributed by atoms with E-state index < -0.39 is 11.8 Å². The number of nitrogens with one attached hydrogen (secondary N) is 3. The molecule has 9 heteroatoms. The highest BCUT2D eigenvalue weighted by Gasteiger charge is 2.18.